The number of nitro groups is 1. The van der Waals surface area contributed by atoms with Crippen LogP contribution < -0.4 is 4.90 Å². The van der Waals surface area contributed by atoms with Gasteiger partial charge in [-0.3, -0.25) is 14.9 Å². The molecule has 2 aromatic carbocycles. The van der Waals surface area contributed by atoms with Gasteiger partial charge in [0, 0.05) is 41.0 Å². The van der Waals surface area contributed by atoms with E-state index < -0.39 is 10.5 Å². The number of carbonyl (C=O) groups is 1. The van der Waals surface area contributed by atoms with Crippen LogP contribution in [0.15, 0.2) is 36.4 Å². The number of non-ortho nitro benzene ring substituents is 1. The van der Waals surface area contributed by atoms with Crippen molar-refractivity contribution < 1.29 is 14.8 Å². The van der Waals surface area contributed by atoms with Crippen molar-refractivity contribution in [1.82, 2.24) is 4.90 Å². The van der Waals surface area contributed by atoms with E-state index in [9.17, 15) is 20.0 Å². The van der Waals surface area contributed by atoms with E-state index in [1.165, 1.54) is 24.3 Å². The number of amides is 1. The summed E-state index contributed by atoms with van der Waals surface area (Å²) in [5.41, 5.74) is 2.36. The Balaban J connectivity index is 2.11. The average Bonchev–Trinajstić information content (AvgIpc) is 2.62. The number of fused-ring (bicyclic) bond motifs is 1. The second kappa shape index (κ2) is 7.48. The molecule has 0 spiro atoms. The van der Waals surface area contributed by atoms with Crippen molar-refractivity contribution in [2.75, 3.05) is 19.0 Å². The summed E-state index contributed by atoms with van der Waals surface area (Å²) in [6.45, 7) is 6.69. The van der Waals surface area contributed by atoms with E-state index in [4.69, 9.17) is 0 Å². The minimum Gasteiger partial charge on any atom is -0.508 e. The Morgan fingerprint density at radius 2 is 1.90 bits per heavy atom. The molecule has 1 N–H and O–H groups in total. The average molecular weight is 397 g/mol. The van der Waals surface area contributed by atoms with Crippen molar-refractivity contribution in [3.8, 4) is 5.75 Å². The van der Waals surface area contributed by atoms with Crippen molar-refractivity contribution in [2.24, 2.45) is 0 Å². The SMILES string of the molecule is CC1CC(C)(C)N(C(=O)c2ccc([N+](=O)[O-])cc2)c2cc(CN(C)C)c(O)cc21. The summed E-state index contributed by atoms with van der Waals surface area (Å²) >= 11 is 0. The number of nitro benzene ring substituents is 1. The Hall–Kier alpha value is -2.93. The van der Waals surface area contributed by atoms with Gasteiger partial charge >= 0.3 is 0 Å². The van der Waals surface area contributed by atoms with Gasteiger partial charge in [0.05, 0.1) is 4.92 Å². The highest BCUT2D eigenvalue weighted by Gasteiger charge is 2.41. The lowest BCUT2D eigenvalue weighted by molar-refractivity contribution is -0.384. The van der Waals surface area contributed by atoms with Crippen LogP contribution in [-0.4, -0.2) is 40.5 Å². The van der Waals surface area contributed by atoms with Gasteiger partial charge in [-0.05, 0) is 70.1 Å². The van der Waals surface area contributed by atoms with Crippen LogP contribution in [-0.2, 0) is 6.54 Å². The molecule has 7 heteroatoms. The molecular weight excluding hydrogens is 370 g/mol. The molecular formula is C22H27N3O4. The first-order valence-electron chi connectivity index (χ1n) is 9.61. The lowest BCUT2D eigenvalue weighted by Gasteiger charge is -2.46. The summed E-state index contributed by atoms with van der Waals surface area (Å²) in [5, 5.41) is 21.4. The Labute approximate surface area is 170 Å². The Morgan fingerprint density at radius 1 is 1.28 bits per heavy atom. The van der Waals surface area contributed by atoms with Gasteiger partial charge in [-0.1, -0.05) is 6.92 Å². The van der Waals surface area contributed by atoms with Gasteiger partial charge in [-0.15, -0.1) is 0 Å². The molecule has 0 saturated heterocycles. The third-order valence-corrected chi connectivity index (χ3v) is 5.43. The fraction of sp³-hybridized carbons (Fsp3) is 0.409. The van der Waals surface area contributed by atoms with Crippen LogP contribution in [0.25, 0.3) is 0 Å². The maximum atomic E-state index is 13.5. The molecule has 0 radical (unpaired) electrons. The smallest absolute Gasteiger partial charge is 0.269 e. The fourth-order valence-electron chi connectivity index (χ4n) is 4.21. The number of anilines is 1. The summed E-state index contributed by atoms with van der Waals surface area (Å²) in [5.74, 6) is 0.200. The molecule has 0 bridgehead atoms. The molecule has 29 heavy (non-hydrogen) atoms. The lowest BCUT2D eigenvalue weighted by atomic mass is 9.79. The van der Waals surface area contributed by atoms with Crippen LogP contribution in [0.5, 0.6) is 5.75 Å². The number of nitrogens with zero attached hydrogens (tertiary/aromatic N) is 3. The van der Waals surface area contributed by atoms with Gasteiger partial charge in [-0.2, -0.15) is 0 Å². The third-order valence-electron chi connectivity index (χ3n) is 5.43. The third kappa shape index (κ3) is 3.96. The largest absolute Gasteiger partial charge is 0.508 e. The highest BCUT2D eigenvalue weighted by molar-refractivity contribution is 6.08. The zero-order chi connectivity index (χ0) is 21.5. The second-order valence-corrected chi connectivity index (χ2v) is 8.64. The summed E-state index contributed by atoms with van der Waals surface area (Å²) in [6, 6.07) is 9.35. The molecule has 0 aromatic heterocycles. The van der Waals surface area contributed by atoms with Gasteiger partial charge < -0.3 is 14.9 Å². The molecule has 1 aliphatic heterocycles. The van der Waals surface area contributed by atoms with Gasteiger partial charge in [0.1, 0.15) is 5.75 Å². The number of benzene rings is 2. The molecule has 0 aliphatic carbocycles. The molecule has 2 aromatic rings. The van der Waals surface area contributed by atoms with E-state index in [1.54, 1.807) is 11.0 Å². The monoisotopic (exact) mass is 397 g/mol. The van der Waals surface area contributed by atoms with Crippen LogP contribution >= 0.6 is 0 Å². The highest BCUT2D eigenvalue weighted by Crippen LogP contribution is 2.46. The van der Waals surface area contributed by atoms with Gasteiger partial charge in [0.25, 0.3) is 11.6 Å². The first kappa shape index (κ1) is 20.8. The molecule has 1 heterocycles. The topological polar surface area (TPSA) is 86.9 Å². The fourth-order valence-corrected chi connectivity index (χ4v) is 4.21. The summed E-state index contributed by atoms with van der Waals surface area (Å²) in [6.07, 6.45) is 0.741. The van der Waals surface area contributed by atoms with Crippen molar-refractivity contribution >= 4 is 17.3 Å². The van der Waals surface area contributed by atoms with Crippen LogP contribution in [0, 0.1) is 10.1 Å². The minimum atomic E-state index is -0.480. The predicted octanol–water partition coefficient (Wildman–Crippen LogP) is 4.29. The molecule has 1 aliphatic rings. The number of aromatic hydroxyl groups is 1. The number of hydrogen-bond donors (Lipinski definition) is 1. The predicted molar refractivity (Wildman–Crippen MR) is 113 cm³/mol. The van der Waals surface area contributed by atoms with Gasteiger partial charge in [0.15, 0.2) is 0 Å². The van der Waals surface area contributed by atoms with E-state index in [-0.39, 0.29) is 23.3 Å². The van der Waals surface area contributed by atoms with E-state index in [2.05, 4.69) is 6.92 Å². The van der Waals surface area contributed by atoms with Gasteiger partial charge in [-0.25, -0.2) is 0 Å². The zero-order valence-corrected chi connectivity index (χ0v) is 17.5. The number of phenolic OH excluding ortho intramolecular Hbond substituents is 1. The van der Waals surface area contributed by atoms with Crippen molar-refractivity contribution in [1.29, 1.82) is 0 Å². The van der Waals surface area contributed by atoms with E-state index in [0.717, 1.165) is 23.2 Å². The molecule has 0 fully saturated rings. The maximum Gasteiger partial charge on any atom is 0.269 e. The van der Waals surface area contributed by atoms with Crippen LogP contribution in [0.4, 0.5) is 11.4 Å². The van der Waals surface area contributed by atoms with Crippen molar-refractivity contribution in [3.05, 3.63) is 63.2 Å². The van der Waals surface area contributed by atoms with Gasteiger partial charge in [0.2, 0.25) is 0 Å². The van der Waals surface area contributed by atoms with E-state index in [0.29, 0.717) is 12.1 Å². The summed E-state index contributed by atoms with van der Waals surface area (Å²) < 4.78 is 0. The molecule has 1 unspecified atom stereocenters. The number of carbonyl (C=O) groups excluding carboxylic acids is 1. The van der Waals surface area contributed by atoms with Crippen molar-refractivity contribution in [3.63, 3.8) is 0 Å². The normalized spacial score (nSPS) is 17.9. The zero-order valence-electron chi connectivity index (χ0n) is 17.5. The van der Waals surface area contributed by atoms with Crippen molar-refractivity contribution in [2.45, 2.75) is 45.2 Å². The Kier molecular flexibility index (Phi) is 5.36. The Morgan fingerprint density at radius 3 is 2.45 bits per heavy atom. The molecule has 154 valence electrons. The molecule has 1 atom stereocenters. The van der Waals surface area contributed by atoms with Crippen LogP contribution in [0.1, 0.15) is 54.6 Å². The second-order valence-electron chi connectivity index (χ2n) is 8.64. The maximum absolute atomic E-state index is 13.5. The molecule has 0 saturated carbocycles. The summed E-state index contributed by atoms with van der Waals surface area (Å²) in [4.78, 5) is 27.6. The van der Waals surface area contributed by atoms with Crippen LogP contribution in [0.3, 0.4) is 0 Å². The molecule has 3 rings (SSSR count). The quantitative estimate of drug-likeness (QED) is 0.614. The Bertz CT molecular complexity index is 951. The molecule has 1 amide bonds. The van der Waals surface area contributed by atoms with Crippen LogP contribution in [0.2, 0.25) is 0 Å². The standard InChI is InChI=1S/C22H27N3O4/c1-14-12-22(2,3)24(21(27)15-6-8-17(9-7-15)25(28)29)19-10-16(13-23(4)5)20(26)11-18(14)19/h6-11,14,26H,12-13H2,1-5H3. The highest BCUT2D eigenvalue weighted by atomic mass is 16.6. The number of rotatable bonds is 4. The number of phenols is 1. The first-order valence-corrected chi connectivity index (χ1v) is 9.61. The molecule has 7 nitrogen and oxygen atoms in total. The summed E-state index contributed by atoms with van der Waals surface area (Å²) in [7, 11) is 3.84. The van der Waals surface area contributed by atoms with E-state index >= 15 is 0 Å². The first-order chi connectivity index (χ1) is 13.5. The number of hydrogen-bond acceptors (Lipinski definition) is 5. The van der Waals surface area contributed by atoms with E-state index in [1.807, 2.05) is 38.9 Å². The lowest BCUT2D eigenvalue weighted by Crippen LogP contribution is -2.51. The minimum absolute atomic E-state index is 0.0494.